The van der Waals surface area contributed by atoms with Gasteiger partial charge >= 0.3 is 0 Å². The molecule has 0 saturated heterocycles. The highest BCUT2D eigenvalue weighted by molar-refractivity contribution is 5.94. The van der Waals surface area contributed by atoms with Crippen LogP contribution in [0.4, 0.5) is 4.39 Å². The van der Waals surface area contributed by atoms with E-state index in [2.05, 4.69) is 20.5 Å². The van der Waals surface area contributed by atoms with Gasteiger partial charge in [-0.25, -0.2) is 4.39 Å². The molecule has 3 aromatic rings. The van der Waals surface area contributed by atoms with Gasteiger partial charge in [0.2, 0.25) is 0 Å². The lowest BCUT2D eigenvalue weighted by Crippen LogP contribution is -2.38. The zero-order chi connectivity index (χ0) is 21.4. The van der Waals surface area contributed by atoms with Gasteiger partial charge < -0.3 is 5.32 Å². The van der Waals surface area contributed by atoms with Gasteiger partial charge in [-0.1, -0.05) is 0 Å². The van der Waals surface area contributed by atoms with E-state index in [1.165, 1.54) is 6.07 Å². The number of fused-ring (bicyclic) bond motifs is 1. The lowest BCUT2D eigenvalue weighted by molar-refractivity contribution is 0.0920. The van der Waals surface area contributed by atoms with E-state index in [1.807, 2.05) is 25.3 Å². The maximum atomic E-state index is 13.8. The first-order valence-electron chi connectivity index (χ1n) is 11.2. The molecule has 0 unspecified atom stereocenters. The molecule has 2 aliphatic carbocycles. The highest BCUT2D eigenvalue weighted by Gasteiger charge is 2.46. The molecule has 160 valence electrons. The van der Waals surface area contributed by atoms with Crippen molar-refractivity contribution < 1.29 is 9.18 Å². The van der Waals surface area contributed by atoms with E-state index in [1.54, 1.807) is 18.3 Å². The van der Waals surface area contributed by atoms with E-state index in [0.29, 0.717) is 17.4 Å². The van der Waals surface area contributed by atoms with E-state index in [4.69, 9.17) is 0 Å². The maximum Gasteiger partial charge on any atom is 0.253 e. The number of nitrogens with one attached hydrogen (secondary N) is 1. The molecule has 2 aromatic heterocycles. The molecule has 0 bridgehead atoms. The fraction of sp³-hybridized carbons (Fsp3) is 0.440. The number of aromatic nitrogens is 3. The van der Waals surface area contributed by atoms with Crippen molar-refractivity contribution in [3.8, 4) is 0 Å². The Labute approximate surface area is 181 Å². The van der Waals surface area contributed by atoms with E-state index in [0.717, 1.165) is 67.1 Å². The predicted octanol–water partition coefficient (Wildman–Crippen LogP) is 5.10. The minimum absolute atomic E-state index is 0.0185. The molecule has 1 aromatic carbocycles. The normalized spacial score (nSPS) is 22.3. The van der Waals surface area contributed by atoms with Crippen LogP contribution in [0.3, 0.4) is 0 Å². The van der Waals surface area contributed by atoms with E-state index < -0.39 is 0 Å². The summed E-state index contributed by atoms with van der Waals surface area (Å²) in [6.45, 7) is 1.92. The standard InChI is InChI=1S/C25H27FN4O/c1-16-2-5-19(14-27-16)24(31)29-25(10-11-25)13-17-3-6-18(7-4-17)22-15-28-30-23-9-8-20(26)12-21(22)23/h2,5,8-9,12,14-15,17-18H,3-4,6-7,10-11,13H2,1H3,(H,29,31). The number of hydrogen-bond donors (Lipinski definition) is 1. The zero-order valence-corrected chi connectivity index (χ0v) is 17.8. The highest BCUT2D eigenvalue weighted by atomic mass is 19.1. The molecule has 5 nitrogen and oxygen atoms in total. The summed E-state index contributed by atoms with van der Waals surface area (Å²) in [5.41, 5.74) is 3.36. The third-order valence-electron chi connectivity index (χ3n) is 7.00. The lowest BCUT2D eigenvalue weighted by atomic mass is 9.76. The average Bonchev–Trinajstić information content (AvgIpc) is 3.53. The van der Waals surface area contributed by atoms with Gasteiger partial charge in [0.05, 0.1) is 17.3 Å². The summed E-state index contributed by atoms with van der Waals surface area (Å²) in [4.78, 5) is 16.9. The predicted molar refractivity (Wildman–Crippen MR) is 117 cm³/mol. The molecule has 2 heterocycles. The summed E-state index contributed by atoms with van der Waals surface area (Å²) in [5.74, 6) is 0.744. The smallest absolute Gasteiger partial charge is 0.253 e. The number of carbonyl (C=O) groups excluding carboxylic acids is 1. The van der Waals surface area contributed by atoms with Crippen LogP contribution in [0.1, 0.15) is 72.5 Å². The highest BCUT2D eigenvalue weighted by Crippen LogP contribution is 2.47. The number of carbonyl (C=O) groups is 1. The Morgan fingerprint density at radius 1 is 1.13 bits per heavy atom. The van der Waals surface area contributed by atoms with Crippen molar-refractivity contribution in [2.24, 2.45) is 5.92 Å². The van der Waals surface area contributed by atoms with Gasteiger partial charge in [0.1, 0.15) is 5.82 Å². The van der Waals surface area contributed by atoms with E-state index in [9.17, 15) is 9.18 Å². The van der Waals surface area contributed by atoms with Crippen molar-refractivity contribution in [1.82, 2.24) is 20.5 Å². The molecule has 2 fully saturated rings. The molecular weight excluding hydrogens is 391 g/mol. The summed E-state index contributed by atoms with van der Waals surface area (Å²) >= 11 is 0. The number of hydrogen-bond acceptors (Lipinski definition) is 4. The molecule has 31 heavy (non-hydrogen) atoms. The van der Waals surface area contributed by atoms with Crippen LogP contribution < -0.4 is 5.32 Å². The van der Waals surface area contributed by atoms with Crippen LogP contribution in [0.2, 0.25) is 0 Å². The molecule has 2 aliphatic rings. The minimum atomic E-state index is -0.231. The summed E-state index contributed by atoms with van der Waals surface area (Å²) in [5, 5.41) is 12.5. The number of halogens is 1. The second-order valence-electron chi connectivity index (χ2n) is 9.31. The number of pyridine rings is 1. The van der Waals surface area contributed by atoms with Gasteiger partial charge in [0.25, 0.3) is 5.91 Å². The molecule has 0 atom stereocenters. The van der Waals surface area contributed by atoms with Gasteiger partial charge in [0, 0.05) is 22.8 Å². The van der Waals surface area contributed by atoms with Gasteiger partial charge in [-0.2, -0.15) is 10.2 Å². The molecule has 0 aliphatic heterocycles. The third kappa shape index (κ3) is 4.29. The van der Waals surface area contributed by atoms with Gasteiger partial charge in [0.15, 0.2) is 0 Å². The van der Waals surface area contributed by atoms with Crippen LogP contribution in [-0.4, -0.2) is 26.6 Å². The van der Waals surface area contributed by atoms with E-state index >= 15 is 0 Å². The van der Waals surface area contributed by atoms with Crippen LogP contribution >= 0.6 is 0 Å². The first-order chi connectivity index (χ1) is 15.0. The number of amides is 1. The van der Waals surface area contributed by atoms with Crippen molar-refractivity contribution in [3.05, 3.63) is 65.4 Å². The second-order valence-corrected chi connectivity index (χ2v) is 9.31. The summed E-state index contributed by atoms with van der Waals surface area (Å²) in [7, 11) is 0. The SMILES string of the molecule is Cc1ccc(C(=O)NC2(CC3CCC(c4cnnc5ccc(F)cc45)CC3)CC2)cn1. The molecule has 6 heteroatoms. The van der Waals surface area contributed by atoms with Gasteiger partial charge in [-0.05, 0) is 99.6 Å². The molecular formula is C25H27FN4O. The lowest BCUT2D eigenvalue weighted by Gasteiger charge is -2.32. The van der Waals surface area contributed by atoms with Crippen LogP contribution in [0.15, 0.2) is 42.7 Å². The Bertz CT molecular complexity index is 1100. The number of nitrogens with zero attached hydrogens (tertiary/aromatic N) is 3. The Hall–Kier alpha value is -2.89. The van der Waals surface area contributed by atoms with Crippen LogP contribution in [-0.2, 0) is 0 Å². The Morgan fingerprint density at radius 2 is 1.94 bits per heavy atom. The van der Waals surface area contributed by atoms with Crippen LogP contribution in [0, 0.1) is 18.7 Å². The van der Waals surface area contributed by atoms with E-state index in [-0.39, 0.29) is 17.3 Å². The number of aryl methyl sites for hydroxylation is 1. The molecule has 2 saturated carbocycles. The van der Waals surface area contributed by atoms with Gasteiger partial charge in [-0.3, -0.25) is 9.78 Å². The van der Waals surface area contributed by atoms with Gasteiger partial charge in [-0.15, -0.1) is 0 Å². The summed E-state index contributed by atoms with van der Waals surface area (Å²) in [6, 6.07) is 8.44. The van der Waals surface area contributed by atoms with Crippen molar-refractivity contribution in [2.45, 2.75) is 63.3 Å². The third-order valence-corrected chi connectivity index (χ3v) is 7.00. The first-order valence-corrected chi connectivity index (χ1v) is 11.2. The Kier molecular flexibility index (Phi) is 5.16. The molecule has 1 N–H and O–H groups in total. The van der Waals surface area contributed by atoms with Crippen molar-refractivity contribution in [1.29, 1.82) is 0 Å². The minimum Gasteiger partial charge on any atom is -0.347 e. The molecule has 0 spiro atoms. The largest absolute Gasteiger partial charge is 0.347 e. The number of benzene rings is 1. The quantitative estimate of drug-likeness (QED) is 0.626. The average molecular weight is 419 g/mol. The fourth-order valence-corrected chi connectivity index (χ4v) is 5.05. The number of rotatable bonds is 5. The molecule has 1 amide bonds. The fourth-order valence-electron chi connectivity index (χ4n) is 5.05. The molecule has 0 radical (unpaired) electrons. The summed E-state index contributed by atoms with van der Waals surface area (Å²) < 4.78 is 13.8. The maximum absolute atomic E-state index is 13.8. The zero-order valence-electron chi connectivity index (χ0n) is 17.8. The topological polar surface area (TPSA) is 67.8 Å². The van der Waals surface area contributed by atoms with Crippen molar-refractivity contribution in [2.75, 3.05) is 0 Å². The van der Waals surface area contributed by atoms with Crippen molar-refractivity contribution in [3.63, 3.8) is 0 Å². The first kappa shape index (κ1) is 20.0. The second kappa shape index (κ2) is 7.98. The van der Waals surface area contributed by atoms with Crippen molar-refractivity contribution >= 4 is 16.8 Å². The molecule has 5 rings (SSSR count). The Morgan fingerprint density at radius 3 is 2.65 bits per heavy atom. The Balaban J connectivity index is 1.21. The van der Waals surface area contributed by atoms with Crippen LogP contribution in [0.25, 0.3) is 10.9 Å². The van der Waals surface area contributed by atoms with Crippen LogP contribution in [0.5, 0.6) is 0 Å². The summed E-state index contributed by atoms with van der Waals surface area (Å²) in [6.07, 6.45) is 11.0. The monoisotopic (exact) mass is 418 g/mol.